The number of methoxy groups -OCH3 is 2. The Labute approximate surface area is 237 Å². The molecule has 41 heavy (non-hydrogen) atoms. The Balaban J connectivity index is 1.57. The van der Waals surface area contributed by atoms with E-state index < -0.39 is 22.7 Å². The molecule has 1 aliphatic carbocycles. The summed E-state index contributed by atoms with van der Waals surface area (Å²) in [5.74, 6) is 0.552. The molecule has 0 N–H and O–H groups in total. The number of fused-ring (bicyclic) bond motifs is 8. The molecular weight excluding hydrogens is 518 g/mol. The van der Waals surface area contributed by atoms with Crippen molar-refractivity contribution >= 4 is 16.8 Å². The average Bonchev–Trinajstić information content (AvgIpc) is 3.23. The molecule has 5 aromatic rings. The van der Waals surface area contributed by atoms with E-state index in [4.69, 9.17) is 14.2 Å². The van der Waals surface area contributed by atoms with Gasteiger partial charge < -0.3 is 14.2 Å². The molecule has 7 rings (SSSR count). The van der Waals surface area contributed by atoms with Crippen LogP contribution in [0.3, 0.4) is 0 Å². The van der Waals surface area contributed by atoms with Crippen LogP contribution in [0.25, 0.3) is 28.0 Å². The first-order chi connectivity index (χ1) is 19.8. The molecule has 0 saturated carbocycles. The maximum Gasteiger partial charge on any atom is 0.178 e. The van der Waals surface area contributed by atoms with Crippen LogP contribution in [0.15, 0.2) is 91.0 Å². The monoisotopic (exact) mass is 546 g/mol. The Hall–Kier alpha value is -4.64. The molecule has 3 nitrogen and oxygen atoms in total. The smallest absolute Gasteiger partial charge is 0.178 e. The molecular formula is C36H28F2O3. The van der Waals surface area contributed by atoms with Crippen LogP contribution >= 0.6 is 0 Å². The zero-order valence-corrected chi connectivity index (χ0v) is 23.2. The summed E-state index contributed by atoms with van der Waals surface area (Å²) in [6, 6.07) is 25.8. The summed E-state index contributed by atoms with van der Waals surface area (Å²) in [7, 11) is 3.26. The fourth-order valence-corrected chi connectivity index (χ4v) is 6.63. The van der Waals surface area contributed by atoms with Crippen LogP contribution in [-0.4, -0.2) is 14.2 Å². The highest BCUT2D eigenvalue weighted by molar-refractivity contribution is 6.08. The first-order valence-electron chi connectivity index (χ1n) is 13.5. The van der Waals surface area contributed by atoms with E-state index >= 15 is 4.39 Å². The van der Waals surface area contributed by atoms with Crippen LogP contribution < -0.4 is 14.2 Å². The largest absolute Gasteiger partial charge is 0.497 e. The van der Waals surface area contributed by atoms with E-state index in [0.717, 1.165) is 56.5 Å². The zero-order chi connectivity index (χ0) is 28.5. The van der Waals surface area contributed by atoms with Gasteiger partial charge >= 0.3 is 0 Å². The summed E-state index contributed by atoms with van der Waals surface area (Å²) in [4.78, 5) is 0. The molecule has 1 aliphatic heterocycles. The van der Waals surface area contributed by atoms with Crippen molar-refractivity contribution < 1.29 is 23.0 Å². The van der Waals surface area contributed by atoms with Crippen LogP contribution in [0.1, 0.15) is 41.7 Å². The van der Waals surface area contributed by atoms with Crippen LogP contribution in [0.5, 0.6) is 17.2 Å². The van der Waals surface area contributed by atoms with Crippen molar-refractivity contribution in [2.45, 2.75) is 24.9 Å². The number of benzene rings is 5. The molecule has 204 valence electrons. The second-order valence-corrected chi connectivity index (χ2v) is 11.1. The second kappa shape index (κ2) is 8.93. The number of ether oxygens (including phenoxy) is 3. The van der Waals surface area contributed by atoms with Crippen LogP contribution in [0.2, 0.25) is 0 Å². The molecule has 0 aromatic heterocycles. The SMILES string of the molecule is COc1ccc(C2(c3ccccc3)C=Cc3c4c(c5cc(F)cc(F)c5c3O2)-c2ccc(OC)cc2C4(C)C)cc1. The molecule has 0 saturated heterocycles. The second-order valence-electron chi connectivity index (χ2n) is 11.1. The molecule has 1 heterocycles. The molecule has 0 bridgehead atoms. The van der Waals surface area contributed by atoms with E-state index in [2.05, 4.69) is 13.8 Å². The molecule has 1 atom stereocenters. The van der Waals surface area contributed by atoms with E-state index in [1.165, 1.54) is 6.07 Å². The molecule has 1 unspecified atom stereocenters. The van der Waals surface area contributed by atoms with E-state index in [-0.39, 0.29) is 5.39 Å². The van der Waals surface area contributed by atoms with Gasteiger partial charge in [0.2, 0.25) is 0 Å². The average molecular weight is 547 g/mol. The van der Waals surface area contributed by atoms with Gasteiger partial charge in [-0.25, -0.2) is 8.78 Å². The van der Waals surface area contributed by atoms with Gasteiger partial charge in [-0.15, -0.1) is 0 Å². The number of hydrogen-bond donors (Lipinski definition) is 0. The van der Waals surface area contributed by atoms with Gasteiger partial charge in [0.05, 0.1) is 19.6 Å². The number of halogens is 2. The molecule has 0 radical (unpaired) electrons. The first kappa shape index (κ1) is 25.3. The highest BCUT2D eigenvalue weighted by atomic mass is 19.1. The Morgan fingerprint density at radius 3 is 2.15 bits per heavy atom. The van der Waals surface area contributed by atoms with Crippen molar-refractivity contribution in [1.82, 2.24) is 0 Å². The molecule has 0 fully saturated rings. The van der Waals surface area contributed by atoms with Crippen molar-refractivity contribution in [2.24, 2.45) is 0 Å². The Kier molecular flexibility index (Phi) is 5.52. The topological polar surface area (TPSA) is 27.7 Å². The predicted molar refractivity (Wildman–Crippen MR) is 158 cm³/mol. The third-order valence-corrected chi connectivity index (χ3v) is 8.58. The molecule has 0 spiro atoms. The van der Waals surface area contributed by atoms with Crippen molar-refractivity contribution in [2.75, 3.05) is 14.2 Å². The minimum Gasteiger partial charge on any atom is -0.497 e. The normalized spacial score (nSPS) is 17.9. The van der Waals surface area contributed by atoms with Gasteiger partial charge in [0, 0.05) is 28.2 Å². The lowest BCUT2D eigenvalue weighted by Gasteiger charge is -2.38. The van der Waals surface area contributed by atoms with Crippen molar-refractivity contribution in [1.29, 1.82) is 0 Å². The van der Waals surface area contributed by atoms with Gasteiger partial charge in [-0.2, -0.15) is 0 Å². The standard InChI is InChI=1S/C36H28F2O3/c1-35(2)29-20-25(40-4)14-15-26(29)31-28-18-23(37)19-30(38)32(28)34-27(33(31)35)16-17-36(41-34,21-8-6-5-7-9-21)22-10-12-24(39-3)13-11-22/h5-20H,1-4H3. The fraction of sp³-hybridized carbons (Fsp3) is 0.167. The Morgan fingerprint density at radius 2 is 1.44 bits per heavy atom. The third kappa shape index (κ3) is 3.54. The summed E-state index contributed by atoms with van der Waals surface area (Å²) in [5, 5.41) is 0.748. The van der Waals surface area contributed by atoms with Crippen molar-refractivity contribution in [3.05, 3.63) is 130 Å². The van der Waals surface area contributed by atoms with E-state index in [0.29, 0.717) is 11.1 Å². The molecule has 0 amide bonds. The third-order valence-electron chi connectivity index (χ3n) is 8.58. The summed E-state index contributed by atoms with van der Waals surface area (Å²) >= 11 is 0. The summed E-state index contributed by atoms with van der Waals surface area (Å²) in [5.41, 5.74) is 4.76. The minimum atomic E-state index is -1.05. The number of hydrogen-bond acceptors (Lipinski definition) is 3. The summed E-state index contributed by atoms with van der Waals surface area (Å²) in [6.45, 7) is 4.27. The fourth-order valence-electron chi connectivity index (χ4n) is 6.63. The Bertz CT molecular complexity index is 1870. The highest BCUT2D eigenvalue weighted by Gasteiger charge is 2.45. The van der Waals surface area contributed by atoms with Gasteiger partial charge in [0.1, 0.15) is 28.9 Å². The lowest BCUT2D eigenvalue weighted by molar-refractivity contribution is 0.163. The summed E-state index contributed by atoms with van der Waals surface area (Å²) < 4.78 is 48.9. The quantitative estimate of drug-likeness (QED) is 0.225. The van der Waals surface area contributed by atoms with Crippen LogP contribution in [0, 0.1) is 11.6 Å². The first-order valence-corrected chi connectivity index (χ1v) is 13.5. The van der Waals surface area contributed by atoms with Gasteiger partial charge in [0.25, 0.3) is 0 Å². The Morgan fingerprint density at radius 1 is 0.756 bits per heavy atom. The van der Waals surface area contributed by atoms with Gasteiger partial charge in [-0.1, -0.05) is 68.5 Å². The van der Waals surface area contributed by atoms with Crippen LogP contribution in [-0.2, 0) is 11.0 Å². The van der Waals surface area contributed by atoms with Crippen molar-refractivity contribution in [3.8, 4) is 28.4 Å². The van der Waals surface area contributed by atoms with Crippen molar-refractivity contribution in [3.63, 3.8) is 0 Å². The van der Waals surface area contributed by atoms with E-state index in [1.54, 1.807) is 14.2 Å². The zero-order valence-electron chi connectivity index (χ0n) is 23.2. The molecule has 5 heteroatoms. The van der Waals surface area contributed by atoms with E-state index in [9.17, 15) is 4.39 Å². The lowest BCUT2D eigenvalue weighted by atomic mass is 9.76. The number of rotatable bonds is 4. The lowest BCUT2D eigenvalue weighted by Crippen LogP contribution is -2.35. The molecule has 5 aromatic carbocycles. The summed E-state index contributed by atoms with van der Waals surface area (Å²) in [6.07, 6.45) is 4.08. The maximum atomic E-state index is 16.0. The van der Waals surface area contributed by atoms with Gasteiger partial charge in [-0.3, -0.25) is 0 Å². The maximum absolute atomic E-state index is 16.0. The minimum absolute atomic E-state index is 0.262. The van der Waals surface area contributed by atoms with Crippen LogP contribution in [0.4, 0.5) is 8.78 Å². The van der Waals surface area contributed by atoms with Gasteiger partial charge in [0.15, 0.2) is 5.60 Å². The predicted octanol–water partition coefficient (Wildman–Crippen LogP) is 8.79. The van der Waals surface area contributed by atoms with Gasteiger partial charge in [-0.05, 0) is 64.0 Å². The molecule has 2 aliphatic rings. The highest BCUT2D eigenvalue weighted by Crippen LogP contribution is 2.59. The van der Waals surface area contributed by atoms with E-state index in [1.807, 2.05) is 84.9 Å².